The molecule has 1 saturated heterocycles. The average molecular weight is 386 g/mol. The summed E-state index contributed by atoms with van der Waals surface area (Å²) in [7, 11) is 0. The number of anilines is 2. The number of piperidine rings is 1. The number of rotatable bonds is 3. The largest absolute Gasteiger partial charge is 0.367 e. The maximum Gasteiger partial charge on any atom is 0.237 e. The van der Waals surface area contributed by atoms with E-state index in [2.05, 4.69) is 46.4 Å². The van der Waals surface area contributed by atoms with E-state index >= 15 is 0 Å². The minimum absolute atomic E-state index is 0.00748. The molecule has 1 fully saturated rings. The molecule has 29 heavy (non-hydrogen) atoms. The Morgan fingerprint density at radius 2 is 2.07 bits per heavy atom. The second kappa shape index (κ2) is 7.51. The number of amides is 1. The molecular weight excluding hydrogens is 358 g/mol. The Hall–Kier alpha value is -2.88. The minimum Gasteiger partial charge on any atom is -0.367 e. The lowest BCUT2D eigenvalue weighted by Gasteiger charge is -2.38. The number of carbonyl (C=O) groups excluding carboxylic acids is 1. The molecule has 0 radical (unpaired) electrons. The smallest absolute Gasteiger partial charge is 0.237 e. The zero-order valence-corrected chi connectivity index (χ0v) is 16.9. The monoisotopic (exact) mass is 385 g/mol. The molecular formula is C25H27N3O. The van der Waals surface area contributed by atoms with Gasteiger partial charge < -0.3 is 10.2 Å². The number of hydrogen-bond donors (Lipinski definition) is 1. The van der Waals surface area contributed by atoms with Gasteiger partial charge in [-0.3, -0.25) is 9.79 Å². The summed E-state index contributed by atoms with van der Waals surface area (Å²) in [6.07, 6.45) is 9.46. The Labute approximate surface area is 172 Å². The molecule has 1 aliphatic carbocycles. The van der Waals surface area contributed by atoms with Crippen LogP contribution >= 0.6 is 0 Å². The number of para-hydroxylation sites is 1. The van der Waals surface area contributed by atoms with Crippen molar-refractivity contribution in [2.75, 3.05) is 23.3 Å². The number of carbonyl (C=O) groups is 1. The van der Waals surface area contributed by atoms with Crippen LogP contribution in [0.5, 0.6) is 0 Å². The van der Waals surface area contributed by atoms with E-state index in [4.69, 9.17) is 0 Å². The van der Waals surface area contributed by atoms with Crippen LogP contribution in [0.1, 0.15) is 42.7 Å². The van der Waals surface area contributed by atoms with Crippen LogP contribution in [0.4, 0.5) is 17.1 Å². The standard InChI is InChI=1S/C25H27N3O/c1-17-14-20(26-15-22-21-8-4-5-9-23(21)27-25(22)29)10-11-24(17)28-13-12-18-6-2-3-7-19(18)16-28/h4-5,7-11,14-15,18,22H,2-3,6,12-13,16H2,1H3,(H,27,29). The summed E-state index contributed by atoms with van der Waals surface area (Å²) in [5.74, 6) is 0.486. The quantitative estimate of drug-likeness (QED) is 0.570. The molecule has 1 N–H and O–H groups in total. The van der Waals surface area contributed by atoms with Gasteiger partial charge in [-0.1, -0.05) is 29.8 Å². The van der Waals surface area contributed by atoms with Crippen molar-refractivity contribution in [3.05, 3.63) is 65.2 Å². The lowest BCUT2D eigenvalue weighted by molar-refractivity contribution is -0.115. The third-order valence-corrected chi connectivity index (χ3v) is 6.54. The van der Waals surface area contributed by atoms with Gasteiger partial charge in [0.25, 0.3) is 0 Å². The molecule has 2 aromatic carbocycles. The Bertz CT molecular complexity index is 1010. The van der Waals surface area contributed by atoms with Gasteiger partial charge in [0.05, 0.1) is 5.69 Å². The molecule has 1 amide bonds. The topological polar surface area (TPSA) is 44.7 Å². The van der Waals surface area contributed by atoms with E-state index in [9.17, 15) is 4.79 Å². The Balaban J connectivity index is 1.33. The zero-order chi connectivity index (χ0) is 19.8. The highest BCUT2D eigenvalue weighted by molar-refractivity contribution is 6.12. The highest BCUT2D eigenvalue weighted by atomic mass is 16.2. The summed E-state index contributed by atoms with van der Waals surface area (Å²) in [5, 5.41) is 2.93. The molecule has 2 aromatic rings. The van der Waals surface area contributed by atoms with Gasteiger partial charge in [-0.25, -0.2) is 0 Å². The van der Waals surface area contributed by atoms with Crippen LogP contribution < -0.4 is 10.2 Å². The fourth-order valence-electron chi connectivity index (χ4n) is 4.96. The van der Waals surface area contributed by atoms with Gasteiger partial charge >= 0.3 is 0 Å². The van der Waals surface area contributed by atoms with Gasteiger partial charge in [-0.15, -0.1) is 0 Å². The zero-order valence-electron chi connectivity index (χ0n) is 16.9. The molecule has 4 nitrogen and oxygen atoms in total. The van der Waals surface area contributed by atoms with Crippen molar-refractivity contribution in [3.63, 3.8) is 0 Å². The summed E-state index contributed by atoms with van der Waals surface area (Å²) in [6, 6.07) is 14.2. The average Bonchev–Trinajstić information content (AvgIpc) is 3.07. The summed E-state index contributed by atoms with van der Waals surface area (Å²) < 4.78 is 0. The number of benzene rings is 2. The van der Waals surface area contributed by atoms with E-state index in [0.29, 0.717) is 0 Å². The number of nitrogens with zero attached hydrogens (tertiary/aromatic N) is 2. The summed E-state index contributed by atoms with van der Waals surface area (Å²) in [6.45, 7) is 4.35. The molecule has 0 bridgehead atoms. The van der Waals surface area contributed by atoms with Crippen molar-refractivity contribution in [1.29, 1.82) is 0 Å². The molecule has 2 atom stereocenters. The van der Waals surface area contributed by atoms with Crippen molar-refractivity contribution in [2.45, 2.75) is 38.5 Å². The lowest BCUT2D eigenvalue weighted by Crippen LogP contribution is -2.36. The molecule has 4 heteroatoms. The molecule has 0 spiro atoms. The van der Waals surface area contributed by atoms with Crippen LogP contribution in [-0.2, 0) is 4.79 Å². The van der Waals surface area contributed by atoms with Crippen LogP contribution in [0.2, 0.25) is 0 Å². The number of aryl methyl sites for hydroxylation is 1. The van der Waals surface area contributed by atoms with E-state index in [1.165, 1.54) is 36.9 Å². The van der Waals surface area contributed by atoms with E-state index in [1.807, 2.05) is 24.3 Å². The Morgan fingerprint density at radius 3 is 2.97 bits per heavy atom. The normalized spacial score (nSPS) is 23.6. The van der Waals surface area contributed by atoms with E-state index in [1.54, 1.807) is 11.8 Å². The first-order valence-electron chi connectivity index (χ1n) is 10.7. The van der Waals surface area contributed by atoms with Gasteiger partial charge in [0.15, 0.2) is 0 Å². The highest BCUT2D eigenvalue weighted by Gasteiger charge is 2.29. The van der Waals surface area contributed by atoms with Gasteiger partial charge in [0.2, 0.25) is 5.91 Å². The SMILES string of the molecule is Cc1cc(N=CC2C(=O)Nc3ccccc32)ccc1N1CCC2CCCC=C2C1. The first-order chi connectivity index (χ1) is 14.2. The second-order valence-electron chi connectivity index (χ2n) is 8.42. The fraction of sp³-hybridized carbons (Fsp3) is 0.360. The maximum absolute atomic E-state index is 12.3. The lowest BCUT2D eigenvalue weighted by atomic mass is 9.82. The Morgan fingerprint density at radius 1 is 1.17 bits per heavy atom. The van der Waals surface area contributed by atoms with Crippen LogP contribution in [0.15, 0.2) is 59.1 Å². The third-order valence-electron chi connectivity index (χ3n) is 6.54. The number of aliphatic imine (C=N–C) groups is 1. The van der Waals surface area contributed by atoms with Gasteiger partial charge in [-0.05, 0) is 73.9 Å². The third kappa shape index (κ3) is 3.48. The summed E-state index contributed by atoms with van der Waals surface area (Å²) in [4.78, 5) is 19.4. The summed E-state index contributed by atoms with van der Waals surface area (Å²) in [5.41, 5.74) is 6.97. The van der Waals surface area contributed by atoms with E-state index in [0.717, 1.165) is 35.9 Å². The molecule has 3 aliphatic rings. The minimum atomic E-state index is -0.316. The predicted molar refractivity (Wildman–Crippen MR) is 119 cm³/mol. The van der Waals surface area contributed by atoms with Crippen molar-refractivity contribution in [1.82, 2.24) is 0 Å². The van der Waals surface area contributed by atoms with Crippen molar-refractivity contribution >= 4 is 29.2 Å². The predicted octanol–water partition coefficient (Wildman–Crippen LogP) is 5.37. The maximum atomic E-state index is 12.3. The second-order valence-corrected chi connectivity index (χ2v) is 8.42. The van der Waals surface area contributed by atoms with Crippen LogP contribution in [0, 0.1) is 12.8 Å². The first kappa shape index (κ1) is 18.2. The molecule has 0 saturated carbocycles. The van der Waals surface area contributed by atoms with Gasteiger partial charge in [0, 0.05) is 30.7 Å². The number of fused-ring (bicyclic) bond motifs is 2. The summed E-state index contributed by atoms with van der Waals surface area (Å²) >= 11 is 0. The van der Waals surface area contributed by atoms with E-state index < -0.39 is 0 Å². The number of allylic oxidation sites excluding steroid dienone is 1. The van der Waals surface area contributed by atoms with Gasteiger partial charge in [0.1, 0.15) is 5.92 Å². The Kier molecular flexibility index (Phi) is 4.70. The molecule has 2 unspecified atom stereocenters. The van der Waals surface area contributed by atoms with Crippen molar-refractivity contribution in [2.24, 2.45) is 10.9 Å². The molecule has 2 aliphatic heterocycles. The molecule has 148 valence electrons. The highest BCUT2D eigenvalue weighted by Crippen LogP contribution is 2.36. The van der Waals surface area contributed by atoms with E-state index in [-0.39, 0.29) is 11.8 Å². The van der Waals surface area contributed by atoms with Crippen molar-refractivity contribution < 1.29 is 4.79 Å². The number of hydrogen-bond acceptors (Lipinski definition) is 3. The fourth-order valence-corrected chi connectivity index (χ4v) is 4.96. The van der Waals surface area contributed by atoms with Crippen LogP contribution in [0.3, 0.4) is 0 Å². The van der Waals surface area contributed by atoms with Gasteiger partial charge in [-0.2, -0.15) is 0 Å². The van der Waals surface area contributed by atoms with Crippen molar-refractivity contribution in [3.8, 4) is 0 Å². The molecule has 2 heterocycles. The molecule has 0 aromatic heterocycles. The first-order valence-corrected chi connectivity index (χ1v) is 10.7. The molecule has 5 rings (SSSR count). The number of nitrogens with one attached hydrogen (secondary N) is 1. The van der Waals surface area contributed by atoms with Crippen LogP contribution in [-0.4, -0.2) is 25.2 Å². The van der Waals surface area contributed by atoms with Crippen LogP contribution in [0.25, 0.3) is 0 Å².